The van der Waals surface area contributed by atoms with Crippen LogP contribution in [0, 0.1) is 0 Å². The molecule has 1 aromatic carbocycles. The van der Waals surface area contributed by atoms with E-state index in [0.717, 1.165) is 19.1 Å². The van der Waals surface area contributed by atoms with Gasteiger partial charge in [-0.15, -0.1) is 0 Å². The van der Waals surface area contributed by atoms with Gasteiger partial charge in [-0.3, -0.25) is 9.10 Å². The standard InChI is InChI=1S/C16H24N2O4S/c1-4-15(16(19)17-10-5-6-11-17)18(23(3,20)21)13-8-7-9-14(12-13)22-2/h7-9,12,15H,4-6,10-11H2,1-3H3/t15-/m0/s1. The summed E-state index contributed by atoms with van der Waals surface area (Å²) >= 11 is 0. The second-order valence-corrected chi connectivity index (χ2v) is 7.58. The summed E-state index contributed by atoms with van der Waals surface area (Å²) in [6, 6.07) is 6.06. The van der Waals surface area contributed by atoms with E-state index >= 15 is 0 Å². The molecule has 0 aliphatic carbocycles. The Labute approximate surface area is 138 Å². The molecule has 1 heterocycles. The molecule has 1 amide bonds. The molecule has 1 fully saturated rings. The van der Waals surface area contributed by atoms with Crippen LogP contribution in [0.3, 0.4) is 0 Å². The Bertz CT molecular complexity index is 654. The summed E-state index contributed by atoms with van der Waals surface area (Å²) in [6.45, 7) is 3.23. The number of sulfonamides is 1. The molecule has 1 aliphatic heterocycles. The smallest absolute Gasteiger partial charge is 0.246 e. The molecule has 0 spiro atoms. The van der Waals surface area contributed by atoms with E-state index in [1.165, 1.54) is 11.4 Å². The van der Waals surface area contributed by atoms with Crippen molar-refractivity contribution in [2.45, 2.75) is 32.2 Å². The number of hydrogen-bond acceptors (Lipinski definition) is 4. The van der Waals surface area contributed by atoms with Crippen LogP contribution in [-0.4, -0.2) is 51.7 Å². The van der Waals surface area contributed by atoms with Gasteiger partial charge in [0.2, 0.25) is 15.9 Å². The normalized spacial score (nSPS) is 16.2. The molecule has 1 atom stereocenters. The number of likely N-dealkylation sites (tertiary alicyclic amines) is 1. The minimum absolute atomic E-state index is 0.127. The Kier molecular flexibility index (Phi) is 5.51. The lowest BCUT2D eigenvalue weighted by atomic mass is 10.1. The highest BCUT2D eigenvalue weighted by molar-refractivity contribution is 7.92. The molecule has 1 saturated heterocycles. The zero-order valence-corrected chi connectivity index (χ0v) is 14.7. The number of ether oxygens (including phenoxy) is 1. The highest BCUT2D eigenvalue weighted by atomic mass is 32.2. The van der Waals surface area contributed by atoms with Crippen molar-refractivity contribution in [3.8, 4) is 5.75 Å². The molecular formula is C16H24N2O4S. The molecule has 1 aromatic rings. The van der Waals surface area contributed by atoms with Gasteiger partial charge in [-0.05, 0) is 31.4 Å². The predicted molar refractivity (Wildman–Crippen MR) is 90.2 cm³/mol. The number of rotatable bonds is 6. The predicted octanol–water partition coefficient (Wildman–Crippen LogP) is 1.86. The number of carbonyl (C=O) groups is 1. The molecule has 0 aromatic heterocycles. The van der Waals surface area contributed by atoms with E-state index in [1.807, 2.05) is 6.92 Å². The van der Waals surface area contributed by atoms with Gasteiger partial charge >= 0.3 is 0 Å². The Morgan fingerprint density at radius 2 is 2.00 bits per heavy atom. The number of nitrogens with zero attached hydrogens (tertiary/aromatic N) is 2. The maximum atomic E-state index is 12.8. The van der Waals surface area contributed by atoms with Gasteiger partial charge in [-0.1, -0.05) is 13.0 Å². The summed E-state index contributed by atoms with van der Waals surface area (Å²) in [5, 5.41) is 0. The minimum Gasteiger partial charge on any atom is -0.497 e. The third kappa shape index (κ3) is 3.96. The lowest BCUT2D eigenvalue weighted by Gasteiger charge is -2.32. The molecule has 1 aliphatic rings. The van der Waals surface area contributed by atoms with Gasteiger partial charge < -0.3 is 9.64 Å². The van der Waals surface area contributed by atoms with Crippen molar-refractivity contribution in [2.75, 3.05) is 30.8 Å². The van der Waals surface area contributed by atoms with Gasteiger partial charge in [0.05, 0.1) is 19.1 Å². The summed E-state index contributed by atoms with van der Waals surface area (Å²) in [4.78, 5) is 14.5. The Hall–Kier alpha value is -1.76. The second-order valence-electron chi connectivity index (χ2n) is 5.72. The third-order valence-electron chi connectivity index (χ3n) is 4.04. The first-order valence-corrected chi connectivity index (χ1v) is 9.65. The monoisotopic (exact) mass is 340 g/mol. The second kappa shape index (κ2) is 7.21. The van der Waals surface area contributed by atoms with Crippen LogP contribution in [0.1, 0.15) is 26.2 Å². The van der Waals surface area contributed by atoms with Crippen molar-refractivity contribution >= 4 is 21.6 Å². The lowest BCUT2D eigenvalue weighted by Crippen LogP contribution is -2.50. The first kappa shape index (κ1) is 17.6. The summed E-state index contributed by atoms with van der Waals surface area (Å²) in [7, 11) is -2.07. The average molecular weight is 340 g/mol. The van der Waals surface area contributed by atoms with E-state index in [4.69, 9.17) is 4.74 Å². The number of methoxy groups -OCH3 is 1. The Morgan fingerprint density at radius 3 is 2.52 bits per heavy atom. The molecule has 0 bridgehead atoms. The topological polar surface area (TPSA) is 66.9 Å². The summed E-state index contributed by atoms with van der Waals surface area (Å²) in [5.41, 5.74) is 0.450. The fourth-order valence-electron chi connectivity index (χ4n) is 2.94. The van der Waals surface area contributed by atoms with Gasteiger partial charge in [-0.2, -0.15) is 0 Å². The molecule has 0 saturated carbocycles. The van der Waals surface area contributed by atoms with E-state index in [-0.39, 0.29) is 5.91 Å². The maximum absolute atomic E-state index is 12.8. The van der Waals surface area contributed by atoms with E-state index in [9.17, 15) is 13.2 Å². The van der Waals surface area contributed by atoms with Crippen LogP contribution in [0.25, 0.3) is 0 Å². The summed E-state index contributed by atoms with van der Waals surface area (Å²) < 4.78 is 31.1. The molecular weight excluding hydrogens is 316 g/mol. The third-order valence-corrected chi connectivity index (χ3v) is 5.22. The first-order valence-electron chi connectivity index (χ1n) is 7.80. The van der Waals surface area contributed by atoms with Crippen molar-refractivity contribution in [1.29, 1.82) is 0 Å². The van der Waals surface area contributed by atoms with Gasteiger partial charge in [0, 0.05) is 19.2 Å². The van der Waals surface area contributed by atoms with E-state index in [0.29, 0.717) is 30.9 Å². The quantitative estimate of drug-likeness (QED) is 0.793. The molecule has 0 N–H and O–H groups in total. The zero-order chi connectivity index (χ0) is 17.0. The van der Waals surface area contributed by atoms with Crippen LogP contribution in [0.2, 0.25) is 0 Å². The maximum Gasteiger partial charge on any atom is 0.246 e. The van der Waals surface area contributed by atoms with Crippen LogP contribution in [0.15, 0.2) is 24.3 Å². The van der Waals surface area contributed by atoms with Gasteiger partial charge in [0.25, 0.3) is 0 Å². The minimum atomic E-state index is -3.60. The highest BCUT2D eigenvalue weighted by Gasteiger charge is 2.35. The summed E-state index contributed by atoms with van der Waals surface area (Å²) in [5.74, 6) is 0.429. The van der Waals surface area contributed by atoms with Crippen LogP contribution in [-0.2, 0) is 14.8 Å². The molecule has 128 valence electrons. The fraction of sp³-hybridized carbons (Fsp3) is 0.562. The van der Waals surface area contributed by atoms with Crippen molar-refractivity contribution in [2.24, 2.45) is 0 Å². The van der Waals surface area contributed by atoms with Crippen LogP contribution in [0.4, 0.5) is 5.69 Å². The molecule has 6 nitrogen and oxygen atoms in total. The molecule has 2 rings (SSSR count). The Morgan fingerprint density at radius 1 is 1.35 bits per heavy atom. The molecule has 0 unspecified atom stereocenters. The van der Waals surface area contributed by atoms with Gasteiger partial charge in [-0.25, -0.2) is 8.42 Å². The van der Waals surface area contributed by atoms with Crippen molar-refractivity contribution in [3.05, 3.63) is 24.3 Å². The van der Waals surface area contributed by atoms with Crippen LogP contribution in [0.5, 0.6) is 5.75 Å². The summed E-state index contributed by atoms with van der Waals surface area (Å²) in [6.07, 6.45) is 3.49. The van der Waals surface area contributed by atoms with Crippen LogP contribution < -0.4 is 9.04 Å². The van der Waals surface area contributed by atoms with Crippen molar-refractivity contribution in [1.82, 2.24) is 4.90 Å². The molecule has 23 heavy (non-hydrogen) atoms. The van der Waals surface area contributed by atoms with E-state index in [2.05, 4.69) is 0 Å². The molecule has 0 radical (unpaired) electrons. The van der Waals surface area contributed by atoms with Crippen LogP contribution >= 0.6 is 0 Å². The number of carbonyl (C=O) groups excluding carboxylic acids is 1. The van der Waals surface area contributed by atoms with Crippen molar-refractivity contribution in [3.63, 3.8) is 0 Å². The van der Waals surface area contributed by atoms with E-state index in [1.54, 1.807) is 29.2 Å². The van der Waals surface area contributed by atoms with Crippen molar-refractivity contribution < 1.29 is 17.9 Å². The SMILES string of the molecule is CC[C@@H](C(=O)N1CCCC1)N(c1cccc(OC)c1)S(C)(=O)=O. The highest BCUT2D eigenvalue weighted by Crippen LogP contribution is 2.27. The molecule has 7 heteroatoms. The first-order chi connectivity index (χ1) is 10.9. The Balaban J connectivity index is 2.41. The fourth-order valence-corrected chi connectivity index (χ4v) is 4.14. The number of amides is 1. The lowest BCUT2D eigenvalue weighted by molar-refractivity contribution is -0.131. The van der Waals surface area contributed by atoms with Gasteiger partial charge in [0.1, 0.15) is 11.8 Å². The number of anilines is 1. The zero-order valence-electron chi connectivity index (χ0n) is 13.9. The average Bonchev–Trinajstić information content (AvgIpc) is 3.05. The largest absolute Gasteiger partial charge is 0.497 e. The van der Waals surface area contributed by atoms with E-state index < -0.39 is 16.1 Å². The van der Waals surface area contributed by atoms with Gasteiger partial charge in [0.15, 0.2) is 0 Å². The number of hydrogen-bond donors (Lipinski definition) is 0. The number of benzene rings is 1.